The minimum absolute atomic E-state index is 0.0419. The van der Waals surface area contributed by atoms with Crippen molar-refractivity contribution in [3.63, 3.8) is 0 Å². The fourth-order valence-electron chi connectivity index (χ4n) is 3.22. The Morgan fingerprint density at radius 3 is 2.92 bits per heavy atom. The normalized spacial score (nSPS) is 17.3. The van der Waals surface area contributed by atoms with Gasteiger partial charge in [-0.25, -0.2) is 0 Å². The van der Waals surface area contributed by atoms with Crippen LogP contribution >= 0.6 is 0 Å². The quantitative estimate of drug-likeness (QED) is 0.907. The molecule has 0 aromatic carbocycles. The molecule has 0 bridgehead atoms. The number of hydrogen-bond acceptors (Lipinski definition) is 4. The lowest BCUT2D eigenvalue weighted by Gasteiger charge is -2.35. The number of nitrogens with zero attached hydrogens (tertiary/aromatic N) is 2. The molecule has 0 spiro atoms. The van der Waals surface area contributed by atoms with E-state index in [2.05, 4.69) is 17.2 Å². The van der Waals surface area contributed by atoms with Gasteiger partial charge >= 0.3 is 0 Å². The van der Waals surface area contributed by atoms with Gasteiger partial charge in [-0.2, -0.15) is 0 Å². The van der Waals surface area contributed by atoms with Crippen molar-refractivity contribution < 1.29 is 14.0 Å². The lowest BCUT2D eigenvalue weighted by molar-refractivity contribution is 0.0607. The molecule has 0 aliphatic carbocycles. The van der Waals surface area contributed by atoms with Crippen molar-refractivity contribution in [2.75, 3.05) is 6.54 Å². The lowest BCUT2D eigenvalue weighted by Crippen LogP contribution is -2.43. The van der Waals surface area contributed by atoms with Crippen LogP contribution in [-0.2, 0) is 6.54 Å². The maximum absolute atomic E-state index is 12.8. The number of nitrogens with one attached hydrogen (secondary N) is 1. The van der Waals surface area contributed by atoms with Crippen LogP contribution in [0.15, 0.2) is 41.3 Å². The Bertz CT molecular complexity index is 727. The van der Waals surface area contributed by atoms with Gasteiger partial charge in [0.05, 0.1) is 23.9 Å². The smallest absolute Gasteiger partial charge is 0.255 e. The SMILES string of the molecule is CCC1CCCCN1C(=O)c1cncc(C(=O)NCc2ccco2)c1. The van der Waals surface area contributed by atoms with Crippen LogP contribution in [0.25, 0.3) is 0 Å². The molecule has 6 heteroatoms. The van der Waals surface area contributed by atoms with E-state index in [-0.39, 0.29) is 17.9 Å². The first kappa shape index (κ1) is 17.2. The molecule has 132 valence electrons. The summed E-state index contributed by atoms with van der Waals surface area (Å²) >= 11 is 0. The Morgan fingerprint density at radius 1 is 1.32 bits per heavy atom. The number of likely N-dealkylation sites (tertiary alicyclic amines) is 1. The van der Waals surface area contributed by atoms with Gasteiger partial charge in [-0.1, -0.05) is 6.92 Å². The van der Waals surface area contributed by atoms with Crippen molar-refractivity contribution in [1.82, 2.24) is 15.2 Å². The van der Waals surface area contributed by atoms with Gasteiger partial charge in [0.25, 0.3) is 11.8 Å². The number of aromatic nitrogens is 1. The van der Waals surface area contributed by atoms with Gasteiger partial charge in [-0.3, -0.25) is 14.6 Å². The van der Waals surface area contributed by atoms with Crippen LogP contribution in [0, 0.1) is 0 Å². The summed E-state index contributed by atoms with van der Waals surface area (Å²) in [6.45, 7) is 3.17. The van der Waals surface area contributed by atoms with Crippen LogP contribution in [-0.4, -0.2) is 34.3 Å². The predicted molar refractivity (Wildman–Crippen MR) is 93.1 cm³/mol. The molecule has 0 radical (unpaired) electrons. The molecule has 25 heavy (non-hydrogen) atoms. The van der Waals surface area contributed by atoms with Crippen LogP contribution in [0.1, 0.15) is 59.1 Å². The molecule has 3 rings (SSSR count). The molecular formula is C19H23N3O3. The van der Waals surface area contributed by atoms with Crippen LogP contribution < -0.4 is 5.32 Å². The molecule has 2 aromatic heterocycles. The van der Waals surface area contributed by atoms with Crippen molar-refractivity contribution in [3.05, 3.63) is 53.7 Å². The second-order valence-corrected chi connectivity index (χ2v) is 6.28. The Hall–Kier alpha value is -2.63. The molecule has 3 heterocycles. The number of carbonyl (C=O) groups is 2. The highest BCUT2D eigenvalue weighted by Gasteiger charge is 2.26. The van der Waals surface area contributed by atoms with E-state index in [0.717, 1.165) is 32.2 Å². The summed E-state index contributed by atoms with van der Waals surface area (Å²) in [6, 6.07) is 5.46. The zero-order valence-electron chi connectivity index (χ0n) is 14.4. The molecule has 1 N–H and O–H groups in total. The van der Waals surface area contributed by atoms with E-state index in [4.69, 9.17) is 4.42 Å². The molecule has 6 nitrogen and oxygen atoms in total. The summed E-state index contributed by atoms with van der Waals surface area (Å²) in [5, 5.41) is 2.77. The molecule has 0 saturated carbocycles. The fraction of sp³-hybridized carbons (Fsp3) is 0.421. The van der Waals surface area contributed by atoms with E-state index in [1.54, 1.807) is 24.5 Å². The first-order valence-corrected chi connectivity index (χ1v) is 8.75. The lowest BCUT2D eigenvalue weighted by atomic mass is 9.99. The highest BCUT2D eigenvalue weighted by molar-refractivity contribution is 5.99. The van der Waals surface area contributed by atoms with Crippen molar-refractivity contribution >= 4 is 11.8 Å². The minimum atomic E-state index is -0.274. The van der Waals surface area contributed by atoms with E-state index in [0.29, 0.717) is 23.4 Å². The van der Waals surface area contributed by atoms with Crippen molar-refractivity contribution in [2.24, 2.45) is 0 Å². The van der Waals surface area contributed by atoms with Gasteiger partial charge in [0.2, 0.25) is 0 Å². The summed E-state index contributed by atoms with van der Waals surface area (Å²) in [5.41, 5.74) is 0.841. The van der Waals surface area contributed by atoms with Crippen LogP contribution in [0.5, 0.6) is 0 Å². The summed E-state index contributed by atoms with van der Waals surface area (Å²) in [5.74, 6) is 0.358. The maximum atomic E-state index is 12.8. The van der Waals surface area contributed by atoms with Gasteiger partial charge in [-0.05, 0) is 43.9 Å². The number of pyridine rings is 1. The van der Waals surface area contributed by atoms with E-state index in [9.17, 15) is 9.59 Å². The molecule has 2 aromatic rings. The predicted octanol–water partition coefficient (Wildman–Crippen LogP) is 3.01. The Balaban J connectivity index is 1.69. The molecule has 1 aliphatic heterocycles. The first-order valence-electron chi connectivity index (χ1n) is 8.75. The number of amides is 2. The summed E-state index contributed by atoms with van der Waals surface area (Å²) in [4.78, 5) is 31.1. The van der Waals surface area contributed by atoms with Crippen molar-refractivity contribution in [2.45, 2.75) is 45.2 Å². The molecular weight excluding hydrogens is 318 g/mol. The van der Waals surface area contributed by atoms with Crippen molar-refractivity contribution in [1.29, 1.82) is 0 Å². The largest absolute Gasteiger partial charge is 0.467 e. The highest BCUT2D eigenvalue weighted by Crippen LogP contribution is 2.21. The van der Waals surface area contributed by atoms with E-state index in [1.807, 2.05) is 4.90 Å². The van der Waals surface area contributed by atoms with Crippen LogP contribution in [0.2, 0.25) is 0 Å². The van der Waals surface area contributed by atoms with E-state index < -0.39 is 0 Å². The number of carbonyl (C=O) groups excluding carboxylic acids is 2. The Morgan fingerprint density at radius 2 is 2.16 bits per heavy atom. The average Bonchev–Trinajstić information content (AvgIpc) is 3.19. The number of furan rings is 1. The molecule has 2 amide bonds. The third kappa shape index (κ3) is 4.07. The Labute approximate surface area is 147 Å². The zero-order chi connectivity index (χ0) is 17.6. The fourth-order valence-corrected chi connectivity index (χ4v) is 3.22. The molecule has 1 unspecified atom stereocenters. The highest BCUT2D eigenvalue weighted by atomic mass is 16.3. The van der Waals surface area contributed by atoms with Gasteiger partial charge in [0.1, 0.15) is 5.76 Å². The number of piperidine rings is 1. The molecule has 1 atom stereocenters. The second kappa shape index (κ2) is 7.96. The van der Waals surface area contributed by atoms with E-state index in [1.165, 1.54) is 12.4 Å². The van der Waals surface area contributed by atoms with Gasteiger partial charge in [0.15, 0.2) is 0 Å². The second-order valence-electron chi connectivity index (χ2n) is 6.28. The third-order valence-electron chi connectivity index (χ3n) is 4.61. The van der Waals surface area contributed by atoms with Gasteiger partial charge in [0, 0.05) is 25.0 Å². The minimum Gasteiger partial charge on any atom is -0.467 e. The van der Waals surface area contributed by atoms with Crippen LogP contribution in [0.3, 0.4) is 0 Å². The van der Waals surface area contributed by atoms with E-state index >= 15 is 0 Å². The molecule has 1 saturated heterocycles. The average molecular weight is 341 g/mol. The van der Waals surface area contributed by atoms with Crippen LogP contribution in [0.4, 0.5) is 0 Å². The van der Waals surface area contributed by atoms with Gasteiger partial charge < -0.3 is 14.6 Å². The first-order chi connectivity index (χ1) is 12.2. The summed E-state index contributed by atoms with van der Waals surface area (Å²) in [7, 11) is 0. The summed E-state index contributed by atoms with van der Waals surface area (Å²) in [6.07, 6.45) is 8.75. The molecule has 1 aliphatic rings. The Kier molecular flexibility index (Phi) is 5.48. The zero-order valence-corrected chi connectivity index (χ0v) is 14.4. The molecule has 1 fully saturated rings. The topological polar surface area (TPSA) is 75.4 Å². The standard InChI is InChI=1S/C19H23N3O3/c1-2-16-6-3-4-8-22(16)19(24)15-10-14(11-20-12-15)18(23)21-13-17-7-5-9-25-17/h5,7,9-12,16H,2-4,6,8,13H2,1H3,(H,21,23). The van der Waals surface area contributed by atoms with Crippen molar-refractivity contribution in [3.8, 4) is 0 Å². The number of rotatable bonds is 5. The van der Waals surface area contributed by atoms with Gasteiger partial charge in [-0.15, -0.1) is 0 Å². The number of hydrogen-bond donors (Lipinski definition) is 1. The maximum Gasteiger partial charge on any atom is 0.255 e. The summed E-state index contributed by atoms with van der Waals surface area (Å²) < 4.78 is 5.19. The monoisotopic (exact) mass is 341 g/mol. The third-order valence-corrected chi connectivity index (χ3v) is 4.61.